The molecule has 0 aliphatic heterocycles. The molecule has 3 N–H and O–H groups in total. The van der Waals surface area contributed by atoms with Gasteiger partial charge in [0.05, 0.1) is 0 Å². The first-order valence-electron chi connectivity index (χ1n) is 8.19. The van der Waals surface area contributed by atoms with Gasteiger partial charge in [0.15, 0.2) is 0 Å². The van der Waals surface area contributed by atoms with Crippen LogP contribution in [0.5, 0.6) is 0 Å². The highest BCUT2D eigenvalue weighted by Gasteiger charge is 2.41. The number of aryl methyl sites for hydroxylation is 2. The van der Waals surface area contributed by atoms with Crippen molar-refractivity contribution in [1.29, 1.82) is 0 Å². The van der Waals surface area contributed by atoms with Crippen LogP contribution in [-0.4, -0.2) is 30.6 Å². The van der Waals surface area contributed by atoms with Gasteiger partial charge in [0.25, 0.3) is 0 Å². The summed E-state index contributed by atoms with van der Waals surface area (Å²) in [5, 5.41) is 0. The minimum Gasteiger partial charge on any atom is -0.302 e. The average molecular weight is 289 g/mol. The number of likely N-dealkylation sites (N-methyl/N-ethyl adjacent to an activating group) is 1. The van der Waals surface area contributed by atoms with Crippen molar-refractivity contribution in [3.63, 3.8) is 0 Å². The summed E-state index contributed by atoms with van der Waals surface area (Å²) in [6.45, 7) is 4.34. The van der Waals surface area contributed by atoms with E-state index in [1.165, 1.54) is 48.8 Å². The van der Waals surface area contributed by atoms with Gasteiger partial charge in [0.2, 0.25) is 0 Å². The summed E-state index contributed by atoms with van der Waals surface area (Å²) in [6.07, 6.45) is 7.44. The fourth-order valence-electron chi connectivity index (χ4n) is 4.10. The molecule has 0 saturated heterocycles. The molecule has 1 saturated carbocycles. The van der Waals surface area contributed by atoms with E-state index in [-0.39, 0.29) is 5.54 Å². The van der Waals surface area contributed by atoms with Crippen LogP contribution < -0.4 is 11.3 Å². The molecular weight excluding hydrogens is 258 g/mol. The van der Waals surface area contributed by atoms with Crippen molar-refractivity contribution < 1.29 is 0 Å². The van der Waals surface area contributed by atoms with Crippen LogP contribution in [0.15, 0.2) is 18.2 Å². The zero-order chi connectivity index (χ0) is 15.5. The Morgan fingerprint density at radius 2 is 1.67 bits per heavy atom. The fraction of sp³-hybridized carbons (Fsp3) is 0.667. The van der Waals surface area contributed by atoms with Crippen LogP contribution in [-0.2, 0) is 6.42 Å². The molecule has 1 aromatic carbocycles. The Labute approximate surface area is 129 Å². The van der Waals surface area contributed by atoms with Gasteiger partial charge in [-0.2, -0.15) is 0 Å². The highest BCUT2D eigenvalue weighted by molar-refractivity contribution is 5.29. The Balaban J connectivity index is 2.24. The molecule has 1 aliphatic carbocycles. The molecule has 0 amide bonds. The highest BCUT2D eigenvalue weighted by atomic mass is 15.3. The average Bonchev–Trinajstić information content (AvgIpc) is 2.44. The first-order valence-corrected chi connectivity index (χ1v) is 8.19. The van der Waals surface area contributed by atoms with E-state index in [1.807, 2.05) is 0 Å². The van der Waals surface area contributed by atoms with Gasteiger partial charge in [-0.15, -0.1) is 0 Å². The van der Waals surface area contributed by atoms with Crippen molar-refractivity contribution in [3.05, 3.63) is 34.9 Å². The first kappa shape index (κ1) is 16.5. The maximum atomic E-state index is 5.97. The number of nitrogens with two attached hydrogens (primary N) is 1. The van der Waals surface area contributed by atoms with Crippen LogP contribution in [0.3, 0.4) is 0 Å². The summed E-state index contributed by atoms with van der Waals surface area (Å²) >= 11 is 0. The SMILES string of the molecule is Cc1cc(C)cc(CC(NN)C2(N(C)C)CCCCC2)c1. The van der Waals surface area contributed by atoms with Crippen LogP contribution in [0.1, 0.15) is 48.8 Å². The summed E-state index contributed by atoms with van der Waals surface area (Å²) < 4.78 is 0. The smallest absolute Gasteiger partial charge is 0.0434 e. The molecule has 3 nitrogen and oxygen atoms in total. The van der Waals surface area contributed by atoms with Crippen molar-refractivity contribution >= 4 is 0 Å². The van der Waals surface area contributed by atoms with Gasteiger partial charge in [-0.3, -0.25) is 11.3 Å². The predicted molar refractivity (Wildman–Crippen MR) is 90.2 cm³/mol. The molecule has 1 unspecified atom stereocenters. The van der Waals surface area contributed by atoms with E-state index in [2.05, 4.69) is 56.5 Å². The molecule has 21 heavy (non-hydrogen) atoms. The van der Waals surface area contributed by atoms with Gasteiger partial charge in [0, 0.05) is 11.6 Å². The topological polar surface area (TPSA) is 41.3 Å². The van der Waals surface area contributed by atoms with Crippen LogP contribution in [0, 0.1) is 13.8 Å². The van der Waals surface area contributed by atoms with Gasteiger partial charge in [0.1, 0.15) is 0 Å². The summed E-state index contributed by atoms with van der Waals surface area (Å²) in [5.74, 6) is 5.97. The number of hydrazine groups is 1. The lowest BCUT2D eigenvalue weighted by molar-refractivity contribution is 0.0569. The summed E-state index contributed by atoms with van der Waals surface area (Å²) in [4.78, 5) is 2.40. The fourth-order valence-corrected chi connectivity index (χ4v) is 4.10. The van der Waals surface area contributed by atoms with Crippen molar-refractivity contribution in [2.24, 2.45) is 5.84 Å². The maximum Gasteiger partial charge on any atom is 0.0434 e. The molecule has 0 aromatic heterocycles. The minimum atomic E-state index is 0.185. The molecule has 1 atom stereocenters. The number of nitrogens with one attached hydrogen (secondary N) is 1. The van der Waals surface area contributed by atoms with Crippen LogP contribution in [0.2, 0.25) is 0 Å². The molecule has 2 rings (SSSR count). The summed E-state index contributed by atoms with van der Waals surface area (Å²) in [7, 11) is 4.41. The Bertz CT molecular complexity index is 441. The Morgan fingerprint density at radius 3 is 2.14 bits per heavy atom. The monoisotopic (exact) mass is 289 g/mol. The van der Waals surface area contributed by atoms with Crippen molar-refractivity contribution in [3.8, 4) is 0 Å². The molecule has 0 heterocycles. The number of rotatable bonds is 5. The lowest BCUT2D eigenvalue weighted by Crippen LogP contribution is -2.62. The second-order valence-corrected chi connectivity index (χ2v) is 6.98. The van der Waals surface area contributed by atoms with E-state index in [4.69, 9.17) is 5.84 Å². The van der Waals surface area contributed by atoms with Crippen LogP contribution >= 0.6 is 0 Å². The molecule has 118 valence electrons. The molecule has 0 bridgehead atoms. The number of hydrogen-bond donors (Lipinski definition) is 2. The van der Waals surface area contributed by atoms with Crippen LogP contribution in [0.25, 0.3) is 0 Å². The maximum absolute atomic E-state index is 5.97. The van der Waals surface area contributed by atoms with Gasteiger partial charge in [-0.1, -0.05) is 48.6 Å². The molecule has 0 radical (unpaired) electrons. The van der Waals surface area contributed by atoms with E-state index in [9.17, 15) is 0 Å². The van der Waals surface area contributed by atoms with Gasteiger partial charge in [-0.25, -0.2) is 0 Å². The largest absolute Gasteiger partial charge is 0.302 e. The van der Waals surface area contributed by atoms with Crippen molar-refractivity contribution in [2.75, 3.05) is 14.1 Å². The van der Waals surface area contributed by atoms with Crippen molar-refractivity contribution in [2.45, 2.75) is 64.0 Å². The summed E-state index contributed by atoms with van der Waals surface area (Å²) in [6, 6.07) is 7.12. The van der Waals surface area contributed by atoms with E-state index in [0.29, 0.717) is 6.04 Å². The second-order valence-electron chi connectivity index (χ2n) is 6.98. The Morgan fingerprint density at radius 1 is 1.10 bits per heavy atom. The van der Waals surface area contributed by atoms with E-state index < -0.39 is 0 Å². The van der Waals surface area contributed by atoms with E-state index in [1.54, 1.807) is 0 Å². The molecule has 3 heteroatoms. The third kappa shape index (κ3) is 3.65. The predicted octanol–water partition coefficient (Wildman–Crippen LogP) is 2.94. The standard InChI is InChI=1S/C18H31N3/c1-14-10-15(2)12-16(11-14)13-17(20-19)18(21(3)4)8-6-5-7-9-18/h10-12,17,20H,5-9,13,19H2,1-4H3. The molecule has 0 spiro atoms. The first-order chi connectivity index (χ1) is 9.98. The minimum absolute atomic E-state index is 0.185. The van der Waals surface area contributed by atoms with Gasteiger partial charge < -0.3 is 4.90 Å². The molecule has 1 aliphatic rings. The normalized spacial score (nSPS) is 19.7. The second kappa shape index (κ2) is 6.91. The third-order valence-corrected chi connectivity index (χ3v) is 5.18. The van der Waals surface area contributed by atoms with Crippen molar-refractivity contribution in [1.82, 2.24) is 10.3 Å². The molecule has 1 fully saturated rings. The van der Waals surface area contributed by atoms with Crippen LogP contribution in [0.4, 0.5) is 0 Å². The lowest BCUT2D eigenvalue weighted by Gasteiger charge is -2.48. The highest BCUT2D eigenvalue weighted by Crippen LogP contribution is 2.36. The van der Waals surface area contributed by atoms with Gasteiger partial charge in [-0.05, 0) is 52.8 Å². The Hall–Kier alpha value is -0.900. The van der Waals surface area contributed by atoms with E-state index in [0.717, 1.165) is 6.42 Å². The number of hydrogen-bond acceptors (Lipinski definition) is 3. The Kier molecular flexibility index (Phi) is 5.42. The quantitative estimate of drug-likeness (QED) is 0.647. The zero-order valence-corrected chi connectivity index (χ0v) is 14.1. The molecule has 1 aromatic rings. The zero-order valence-electron chi connectivity index (χ0n) is 14.1. The molecular formula is C18H31N3. The van der Waals surface area contributed by atoms with Gasteiger partial charge >= 0.3 is 0 Å². The lowest BCUT2D eigenvalue weighted by atomic mass is 9.73. The number of nitrogens with zero attached hydrogens (tertiary/aromatic N) is 1. The van der Waals surface area contributed by atoms with E-state index >= 15 is 0 Å². The third-order valence-electron chi connectivity index (χ3n) is 5.18. The summed E-state index contributed by atoms with van der Waals surface area (Å²) in [5.41, 5.74) is 7.39. The number of benzene rings is 1.